The molecule has 0 saturated carbocycles. The Balaban J connectivity index is 2.20. The van der Waals surface area contributed by atoms with Crippen LogP contribution in [0.4, 0.5) is 5.69 Å². The van der Waals surface area contributed by atoms with Crippen molar-refractivity contribution in [2.75, 3.05) is 11.4 Å². The van der Waals surface area contributed by atoms with Gasteiger partial charge in [-0.2, -0.15) is 0 Å². The standard InChI is InChI=1S/C15H19NO5/c1-3-16(11-8-10(17)5-4-9(11)2)14(18)12-6-7-13(21-12)15(19)20/h4-5,8,12-13,17H,3,6-7H2,1-2H3,(H,19,20)/t12-,13+/m0/s1. The first kappa shape index (κ1) is 15.3. The Bertz CT molecular complexity index is 557. The van der Waals surface area contributed by atoms with Crippen molar-refractivity contribution >= 4 is 17.6 Å². The molecule has 0 bridgehead atoms. The largest absolute Gasteiger partial charge is 0.508 e. The fourth-order valence-corrected chi connectivity index (χ4v) is 2.51. The number of amides is 1. The number of nitrogens with zero attached hydrogens (tertiary/aromatic N) is 1. The van der Waals surface area contributed by atoms with E-state index in [1.165, 1.54) is 11.0 Å². The highest BCUT2D eigenvalue weighted by atomic mass is 16.5. The quantitative estimate of drug-likeness (QED) is 0.882. The van der Waals surface area contributed by atoms with E-state index in [-0.39, 0.29) is 11.7 Å². The van der Waals surface area contributed by atoms with Gasteiger partial charge in [0, 0.05) is 12.6 Å². The van der Waals surface area contributed by atoms with Gasteiger partial charge < -0.3 is 19.8 Å². The number of phenols is 1. The molecule has 0 aromatic heterocycles. The minimum atomic E-state index is -1.04. The number of hydrogen-bond donors (Lipinski definition) is 2. The van der Waals surface area contributed by atoms with Gasteiger partial charge in [-0.1, -0.05) is 6.07 Å². The van der Waals surface area contributed by atoms with Gasteiger partial charge in [-0.05, 0) is 38.3 Å². The van der Waals surface area contributed by atoms with E-state index in [9.17, 15) is 14.7 Å². The number of benzene rings is 1. The number of aryl methyl sites for hydroxylation is 1. The molecular weight excluding hydrogens is 274 g/mol. The number of carboxylic acid groups (broad SMARTS) is 1. The number of anilines is 1. The molecule has 2 atom stereocenters. The minimum absolute atomic E-state index is 0.0811. The van der Waals surface area contributed by atoms with Crippen LogP contribution < -0.4 is 4.90 Å². The van der Waals surface area contributed by atoms with Gasteiger partial charge >= 0.3 is 5.97 Å². The molecule has 0 radical (unpaired) electrons. The van der Waals surface area contributed by atoms with Gasteiger partial charge in [0.15, 0.2) is 6.10 Å². The first-order valence-corrected chi connectivity index (χ1v) is 6.93. The van der Waals surface area contributed by atoms with Crippen LogP contribution in [0.25, 0.3) is 0 Å². The Morgan fingerprint density at radius 2 is 2.00 bits per heavy atom. The molecule has 1 aliphatic heterocycles. The molecule has 0 spiro atoms. The van der Waals surface area contributed by atoms with Gasteiger partial charge in [0.05, 0.1) is 5.69 Å². The maximum Gasteiger partial charge on any atom is 0.332 e. The third-order valence-electron chi connectivity index (χ3n) is 3.64. The van der Waals surface area contributed by atoms with E-state index in [0.29, 0.717) is 25.1 Å². The summed E-state index contributed by atoms with van der Waals surface area (Å²) in [5, 5.41) is 18.5. The van der Waals surface area contributed by atoms with Gasteiger partial charge in [-0.15, -0.1) is 0 Å². The predicted molar refractivity (Wildman–Crippen MR) is 76.4 cm³/mol. The molecule has 1 aliphatic rings. The summed E-state index contributed by atoms with van der Waals surface area (Å²) in [6.07, 6.45) is -0.928. The summed E-state index contributed by atoms with van der Waals surface area (Å²) in [5.74, 6) is -1.23. The van der Waals surface area contributed by atoms with Crippen molar-refractivity contribution in [1.29, 1.82) is 0 Å². The number of aliphatic carboxylic acids is 1. The van der Waals surface area contributed by atoms with Crippen LogP contribution >= 0.6 is 0 Å². The average molecular weight is 293 g/mol. The van der Waals surface area contributed by atoms with Crippen LogP contribution in [-0.4, -0.2) is 40.8 Å². The second kappa shape index (κ2) is 6.13. The summed E-state index contributed by atoms with van der Waals surface area (Å²) in [4.78, 5) is 24.9. The van der Waals surface area contributed by atoms with Crippen LogP contribution in [0.5, 0.6) is 5.75 Å². The van der Waals surface area contributed by atoms with Crippen molar-refractivity contribution in [3.63, 3.8) is 0 Å². The highest BCUT2D eigenvalue weighted by molar-refractivity contribution is 5.97. The predicted octanol–water partition coefficient (Wildman–Crippen LogP) is 1.69. The van der Waals surface area contributed by atoms with E-state index in [1.54, 1.807) is 12.1 Å². The molecule has 1 heterocycles. The highest BCUT2D eigenvalue weighted by Crippen LogP contribution is 2.28. The smallest absolute Gasteiger partial charge is 0.332 e. The van der Waals surface area contributed by atoms with Crippen molar-refractivity contribution in [1.82, 2.24) is 0 Å². The van der Waals surface area contributed by atoms with Crippen LogP contribution in [0, 0.1) is 6.92 Å². The number of carboxylic acids is 1. The number of rotatable bonds is 4. The molecule has 2 rings (SSSR count). The van der Waals surface area contributed by atoms with Crippen LogP contribution in [0.1, 0.15) is 25.3 Å². The zero-order valence-corrected chi connectivity index (χ0v) is 12.1. The number of carbonyl (C=O) groups is 2. The van der Waals surface area contributed by atoms with Crippen LogP contribution in [0.15, 0.2) is 18.2 Å². The van der Waals surface area contributed by atoms with Crippen molar-refractivity contribution < 1.29 is 24.5 Å². The third kappa shape index (κ3) is 3.16. The Morgan fingerprint density at radius 3 is 2.57 bits per heavy atom. The molecule has 6 heteroatoms. The second-order valence-corrected chi connectivity index (χ2v) is 5.08. The molecule has 0 unspecified atom stereocenters. The van der Waals surface area contributed by atoms with Crippen LogP contribution in [-0.2, 0) is 14.3 Å². The number of phenolic OH excluding ortho intramolecular Hbond substituents is 1. The molecule has 1 saturated heterocycles. The Labute approximate surface area is 122 Å². The van der Waals surface area contributed by atoms with Crippen molar-refractivity contribution in [2.45, 2.75) is 38.9 Å². The van der Waals surface area contributed by atoms with E-state index in [1.807, 2.05) is 13.8 Å². The van der Waals surface area contributed by atoms with Gasteiger partial charge in [0.25, 0.3) is 5.91 Å². The van der Waals surface area contributed by atoms with Crippen molar-refractivity contribution in [2.24, 2.45) is 0 Å². The topological polar surface area (TPSA) is 87.1 Å². The lowest BCUT2D eigenvalue weighted by Crippen LogP contribution is -2.40. The number of aromatic hydroxyl groups is 1. The van der Waals surface area contributed by atoms with Gasteiger partial charge in [-0.3, -0.25) is 4.79 Å². The lowest BCUT2D eigenvalue weighted by molar-refractivity contribution is -0.151. The molecule has 21 heavy (non-hydrogen) atoms. The fourth-order valence-electron chi connectivity index (χ4n) is 2.51. The van der Waals surface area contributed by atoms with E-state index in [2.05, 4.69) is 0 Å². The average Bonchev–Trinajstić information content (AvgIpc) is 2.93. The molecule has 1 fully saturated rings. The fraction of sp³-hybridized carbons (Fsp3) is 0.467. The van der Waals surface area contributed by atoms with Gasteiger partial charge in [-0.25, -0.2) is 4.79 Å². The van der Waals surface area contributed by atoms with E-state index >= 15 is 0 Å². The molecule has 1 amide bonds. The summed E-state index contributed by atoms with van der Waals surface area (Å²) >= 11 is 0. The monoisotopic (exact) mass is 293 g/mol. The Morgan fingerprint density at radius 1 is 1.33 bits per heavy atom. The Hall–Kier alpha value is -2.08. The number of ether oxygens (including phenoxy) is 1. The Kier molecular flexibility index (Phi) is 4.47. The lowest BCUT2D eigenvalue weighted by atomic mass is 10.1. The summed E-state index contributed by atoms with van der Waals surface area (Å²) in [7, 11) is 0. The third-order valence-corrected chi connectivity index (χ3v) is 3.64. The first-order valence-electron chi connectivity index (χ1n) is 6.93. The first-order chi connectivity index (χ1) is 9.93. The number of hydrogen-bond acceptors (Lipinski definition) is 4. The van der Waals surface area contributed by atoms with Crippen LogP contribution in [0.3, 0.4) is 0 Å². The maximum absolute atomic E-state index is 12.5. The zero-order valence-electron chi connectivity index (χ0n) is 12.1. The molecule has 1 aromatic carbocycles. The molecule has 114 valence electrons. The summed E-state index contributed by atoms with van der Waals surface area (Å²) in [6.45, 7) is 4.09. The number of carbonyl (C=O) groups excluding carboxylic acids is 1. The molecule has 2 N–H and O–H groups in total. The summed E-state index contributed by atoms with van der Waals surface area (Å²) in [6, 6.07) is 4.82. The summed E-state index contributed by atoms with van der Waals surface area (Å²) < 4.78 is 5.31. The highest BCUT2D eigenvalue weighted by Gasteiger charge is 2.37. The summed E-state index contributed by atoms with van der Waals surface area (Å²) in [5.41, 5.74) is 1.47. The van der Waals surface area contributed by atoms with Crippen molar-refractivity contribution in [3.8, 4) is 5.75 Å². The zero-order chi connectivity index (χ0) is 15.6. The number of likely N-dealkylation sites (N-methyl/N-ethyl adjacent to an activating group) is 1. The maximum atomic E-state index is 12.5. The minimum Gasteiger partial charge on any atom is -0.508 e. The normalized spacial score (nSPS) is 21.2. The molecular formula is C15H19NO5. The van der Waals surface area contributed by atoms with Crippen molar-refractivity contribution in [3.05, 3.63) is 23.8 Å². The molecule has 1 aromatic rings. The van der Waals surface area contributed by atoms with Crippen LogP contribution in [0.2, 0.25) is 0 Å². The second-order valence-electron chi connectivity index (χ2n) is 5.08. The van der Waals surface area contributed by atoms with E-state index < -0.39 is 18.2 Å². The molecule has 6 nitrogen and oxygen atoms in total. The molecule has 0 aliphatic carbocycles. The lowest BCUT2D eigenvalue weighted by Gasteiger charge is -2.25. The van der Waals surface area contributed by atoms with Gasteiger partial charge in [0.1, 0.15) is 11.9 Å². The van der Waals surface area contributed by atoms with Gasteiger partial charge in [0.2, 0.25) is 0 Å². The SMILES string of the molecule is CCN(C(=O)[C@@H]1CC[C@H](C(=O)O)O1)c1cc(O)ccc1C. The van der Waals surface area contributed by atoms with E-state index in [0.717, 1.165) is 5.56 Å². The van der Waals surface area contributed by atoms with E-state index in [4.69, 9.17) is 9.84 Å².